The first kappa shape index (κ1) is 18.1. The summed E-state index contributed by atoms with van der Waals surface area (Å²) in [5, 5.41) is 14.0. The summed E-state index contributed by atoms with van der Waals surface area (Å²) in [6.07, 6.45) is 5.45. The summed E-state index contributed by atoms with van der Waals surface area (Å²) in [6, 6.07) is 9.46. The molecule has 0 aliphatic carbocycles. The molecule has 1 aliphatic heterocycles. The molecule has 1 aliphatic rings. The van der Waals surface area contributed by atoms with E-state index in [9.17, 15) is 9.59 Å². The van der Waals surface area contributed by atoms with Gasteiger partial charge in [-0.05, 0) is 18.4 Å². The van der Waals surface area contributed by atoms with Crippen molar-refractivity contribution in [1.29, 1.82) is 0 Å². The molecule has 0 atom stereocenters. The molecule has 26 heavy (non-hydrogen) atoms. The minimum atomic E-state index is -0.193. The number of hydrogen-bond donors (Lipinski definition) is 2. The van der Waals surface area contributed by atoms with Gasteiger partial charge in [-0.1, -0.05) is 36.8 Å². The van der Waals surface area contributed by atoms with Crippen LogP contribution in [0.15, 0.2) is 30.3 Å². The fourth-order valence-electron chi connectivity index (χ4n) is 3.13. The van der Waals surface area contributed by atoms with E-state index in [-0.39, 0.29) is 24.8 Å². The minimum absolute atomic E-state index is 0.0103. The number of nitrogens with one attached hydrogen (secondary N) is 2. The van der Waals surface area contributed by atoms with Crippen LogP contribution in [-0.4, -0.2) is 39.7 Å². The molecule has 2 aromatic rings. The Morgan fingerprint density at radius 1 is 1.00 bits per heavy atom. The van der Waals surface area contributed by atoms with E-state index in [0.29, 0.717) is 13.0 Å². The maximum atomic E-state index is 11.9. The van der Waals surface area contributed by atoms with Gasteiger partial charge in [0.15, 0.2) is 0 Å². The Hall–Kier alpha value is -2.70. The Balaban J connectivity index is 1.37. The predicted octanol–water partition coefficient (Wildman–Crippen LogP) is 1.02. The normalized spacial score (nSPS) is 13.5. The van der Waals surface area contributed by atoms with Gasteiger partial charge >= 0.3 is 0 Å². The van der Waals surface area contributed by atoms with Crippen LogP contribution in [0.2, 0.25) is 0 Å². The van der Waals surface area contributed by atoms with Crippen molar-refractivity contribution in [3.05, 3.63) is 47.5 Å². The number of aromatic nitrogens is 3. The van der Waals surface area contributed by atoms with Crippen molar-refractivity contribution < 1.29 is 9.59 Å². The number of hydrogen-bond acceptors (Lipinski definition) is 4. The molecule has 0 spiro atoms. The van der Waals surface area contributed by atoms with Crippen molar-refractivity contribution in [3.63, 3.8) is 0 Å². The number of carbonyl (C=O) groups excluding carboxylic acids is 2. The van der Waals surface area contributed by atoms with E-state index < -0.39 is 0 Å². The molecule has 0 unspecified atom stereocenters. The van der Waals surface area contributed by atoms with Gasteiger partial charge in [0.1, 0.15) is 11.6 Å². The molecule has 0 fully saturated rings. The zero-order chi connectivity index (χ0) is 18.2. The van der Waals surface area contributed by atoms with Crippen LogP contribution in [0.25, 0.3) is 0 Å². The van der Waals surface area contributed by atoms with E-state index in [1.54, 1.807) is 0 Å². The highest BCUT2D eigenvalue weighted by molar-refractivity contribution is 5.85. The first-order valence-corrected chi connectivity index (χ1v) is 9.20. The van der Waals surface area contributed by atoms with E-state index in [1.165, 1.54) is 6.42 Å². The fourth-order valence-corrected chi connectivity index (χ4v) is 3.13. The molecule has 0 bridgehead atoms. The molecule has 138 valence electrons. The number of aryl methyl sites for hydroxylation is 1. The van der Waals surface area contributed by atoms with Crippen molar-refractivity contribution >= 4 is 11.8 Å². The molecule has 2 heterocycles. The summed E-state index contributed by atoms with van der Waals surface area (Å²) < 4.78 is 2.18. The lowest BCUT2D eigenvalue weighted by Crippen LogP contribution is -2.38. The van der Waals surface area contributed by atoms with Gasteiger partial charge in [-0.25, -0.2) is 0 Å². The number of fused-ring (bicyclic) bond motifs is 1. The van der Waals surface area contributed by atoms with Gasteiger partial charge in [0, 0.05) is 25.9 Å². The third kappa shape index (κ3) is 5.15. The molecule has 1 aromatic heterocycles. The van der Waals surface area contributed by atoms with Gasteiger partial charge in [-0.15, -0.1) is 10.2 Å². The highest BCUT2D eigenvalue weighted by atomic mass is 16.2. The Labute approximate surface area is 153 Å². The SMILES string of the molecule is O=C(CNC(=O)Cc1ccccc1)NCCc1nnc2n1CCCCC2. The zero-order valence-electron chi connectivity index (χ0n) is 14.9. The first-order chi connectivity index (χ1) is 12.7. The molecule has 3 rings (SSSR count). The Morgan fingerprint density at radius 2 is 1.85 bits per heavy atom. The minimum Gasteiger partial charge on any atom is -0.354 e. The zero-order valence-corrected chi connectivity index (χ0v) is 14.9. The van der Waals surface area contributed by atoms with Crippen LogP contribution in [0.1, 0.15) is 36.5 Å². The Kier molecular flexibility index (Phi) is 6.35. The molecular weight excluding hydrogens is 330 g/mol. The maximum Gasteiger partial charge on any atom is 0.239 e. The highest BCUT2D eigenvalue weighted by Gasteiger charge is 2.14. The van der Waals surface area contributed by atoms with Crippen LogP contribution in [0, 0.1) is 0 Å². The highest BCUT2D eigenvalue weighted by Crippen LogP contribution is 2.14. The van der Waals surface area contributed by atoms with E-state index in [4.69, 9.17) is 0 Å². The lowest BCUT2D eigenvalue weighted by Gasteiger charge is -2.09. The van der Waals surface area contributed by atoms with Crippen LogP contribution in [0.5, 0.6) is 0 Å². The molecule has 2 N–H and O–H groups in total. The van der Waals surface area contributed by atoms with Crippen molar-refractivity contribution in [3.8, 4) is 0 Å². The third-order valence-corrected chi connectivity index (χ3v) is 4.51. The van der Waals surface area contributed by atoms with Crippen LogP contribution in [0.4, 0.5) is 0 Å². The lowest BCUT2D eigenvalue weighted by atomic mass is 10.1. The molecule has 7 heteroatoms. The summed E-state index contributed by atoms with van der Waals surface area (Å²) in [6.45, 7) is 1.44. The van der Waals surface area contributed by atoms with Gasteiger partial charge in [0.25, 0.3) is 0 Å². The number of benzene rings is 1. The third-order valence-electron chi connectivity index (χ3n) is 4.51. The smallest absolute Gasteiger partial charge is 0.239 e. The van der Waals surface area contributed by atoms with Crippen LogP contribution >= 0.6 is 0 Å². The molecule has 0 saturated heterocycles. The number of amides is 2. The average molecular weight is 355 g/mol. The monoisotopic (exact) mass is 355 g/mol. The fraction of sp³-hybridized carbons (Fsp3) is 0.474. The first-order valence-electron chi connectivity index (χ1n) is 9.20. The summed E-state index contributed by atoms with van der Waals surface area (Å²) in [7, 11) is 0. The van der Waals surface area contributed by atoms with Crippen LogP contribution in [-0.2, 0) is 35.4 Å². The van der Waals surface area contributed by atoms with Gasteiger partial charge < -0.3 is 15.2 Å². The second-order valence-corrected chi connectivity index (χ2v) is 6.53. The summed E-state index contributed by atoms with van der Waals surface area (Å²) in [4.78, 5) is 23.8. The van der Waals surface area contributed by atoms with Crippen molar-refractivity contribution in [2.24, 2.45) is 0 Å². The number of carbonyl (C=O) groups is 2. The van der Waals surface area contributed by atoms with E-state index in [1.807, 2.05) is 30.3 Å². The molecular formula is C19H25N5O2. The van der Waals surface area contributed by atoms with Crippen molar-refractivity contribution in [1.82, 2.24) is 25.4 Å². The Morgan fingerprint density at radius 3 is 2.69 bits per heavy atom. The van der Waals surface area contributed by atoms with Gasteiger partial charge in [0.2, 0.25) is 11.8 Å². The standard InChI is InChI=1S/C19H25N5O2/c25-18(13-15-7-3-1-4-8-15)21-14-19(26)20-11-10-17-23-22-16-9-5-2-6-12-24(16)17/h1,3-4,7-8H,2,5-6,9-14H2,(H,20,26)(H,21,25). The second-order valence-electron chi connectivity index (χ2n) is 6.53. The van der Waals surface area contributed by atoms with E-state index >= 15 is 0 Å². The van der Waals surface area contributed by atoms with Crippen molar-refractivity contribution in [2.75, 3.05) is 13.1 Å². The van der Waals surface area contributed by atoms with E-state index in [2.05, 4.69) is 25.4 Å². The summed E-state index contributed by atoms with van der Waals surface area (Å²) in [5.41, 5.74) is 0.929. The molecule has 0 saturated carbocycles. The summed E-state index contributed by atoms with van der Waals surface area (Å²) >= 11 is 0. The van der Waals surface area contributed by atoms with Gasteiger partial charge in [-0.2, -0.15) is 0 Å². The van der Waals surface area contributed by atoms with Crippen LogP contribution in [0.3, 0.4) is 0 Å². The topological polar surface area (TPSA) is 88.9 Å². The molecule has 2 amide bonds. The molecule has 0 radical (unpaired) electrons. The average Bonchev–Trinajstić information content (AvgIpc) is 2.87. The quantitative estimate of drug-likeness (QED) is 0.776. The largest absolute Gasteiger partial charge is 0.354 e. The summed E-state index contributed by atoms with van der Waals surface area (Å²) in [5.74, 6) is 1.63. The lowest BCUT2D eigenvalue weighted by molar-refractivity contribution is -0.125. The van der Waals surface area contributed by atoms with Crippen LogP contribution < -0.4 is 10.6 Å². The van der Waals surface area contributed by atoms with Crippen molar-refractivity contribution in [2.45, 2.75) is 45.1 Å². The van der Waals surface area contributed by atoms with Gasteiger partial charge in [-0.3, -0.25) is 9.59 Å². The number of rotatable bonds is 7. The predicted molar refractivity (Wildman–Crippen MR) is 97.4 cm³/mol. The number of nitrogens with zero attached hydrogens (tertiary/aromatic N) is 3. The van der Waals surface area contributed by atoms with E-state index in [0.717, 1.165) is 43.0 Å². The Bertz CT molecular complexity index is 742. The molecule has 1 aromatic carbocycles. The maximum absolute atomic E-state index is 11.9. The second kappa shape index (κ2) is 9.12. The van der Waals surface area contributed by atoms with Gasteiger partial charge in [0.05, 0.1) is 13.0 Å². The molecule has 7 nitrogen and oxygen atoms in total.